The molecule has 3 saturated heterocycles. The summed E-state index contributed by atoms with van der Waals surface area (Å²) in [5.41, 5.74) is 1.74. The van der Waals surface area contributed by atoms with Crippen molar-refractivity contribution in [3.63, 3.8) is 0 Å². The summed E-state index contributed by atoms with van der Waals surface area (Å²) in [6, 6.07) is 7.91. The Bertz CT molecular complexity index is 1100. The highest BCUT2D eigenvalue weighted by Crippen LogP contribution is 2.37. The second-order valence-electron chi connectivity index (χ2n) is 8.89. The van der Waals surface area contributed by atoms with Gasteiger partial charge in [0.15, 0.2) is 5.76 Å². The Morgan fingerprint density at radius 2 is 1.85 bits per heavy atom. The lowest BCUT2D eigenvalue weighted by atomic mass is 9.95. The standard InChI is InChI=1S/C23H25N5O5/c1-12-19(20(33-27-12)13-5-3-2-4-6-13)22(31)24-14-9-15-7-8-16(10-14)28(15)18(29)11-17-21(30)26-23(32)25-17/h2-6,14-17H,7-11H2,1H3,(H,24,31)(H2,25,26,30,32)/t14?,15-,16+,17?. The number of hydrogen-bond donors (Lipinski definition) is 3. The van der Waals surface area contributed by atoms with Gasteiger partial charge in [-0.05, 0) is 32.6 Å². The molecular weight excluding hydrogens is 426 g/mol. The maximum absolute atomic E-state index is 13.2. The molecule has 5 amide bonds. The lowest BCUT2D eigenvalue weighted by Gasteiger charge is -2.39. The number of carbonyl (C=O) groups is 4. The molecule has 4 heterocycles. The van der Waals surface area contributed by atoms with Gasteiger partial charge in [0, 0.05) is 23.7 Å². The third-order valence-corrected chi connectivity index (χ3v) is 6.72. The van der Waals surface area contributed by atoms with E-state index in [9.17, 15) is 19.2 Å². The number of nitrogens with one attached hydrogen (secondary N) is 3. The van der Waals surface area contributed by atoms with Gasteiger partial charge in [0.1, 0.15) is 11.6 Å². The highest BCUT2D eigenvalue weighted by atomic mass is 16.5. The number of amides is 5. The molecule has 5 rings (SSSR count). The highest BCUT2D eigenvalue weighted by molar-refractivity contribution is 6.05. The van der Waals surface area contributed by atoms with Crippen LogP contribution in [-0.4, -0.2) is 58.0 Å². The summed E-state index contributed by atoms with van der Waals surface area (Å²) in [5.74, 6) is -0.405. The Hall–Kier alpha value is -3.69. The van der Waals surface area contributed by atoms with E-state index in [2.05, 4.69) is 21.1 Å². The second-order valence-corrected chi connectivity index (χ2v) is 8.89. The van der Waals surface area contributed by atoms with Gasteiger partial charge in [-0.1, -0.05) is 35.5 Å². The number of imide groups is 1. The smallest absolute Gasteiger partial charge is 0.322 e. The molecule has 10 nitrogen and oxygen atoms in total. The minimum Gasteiger partial charge on any atom is -0.355 e. The lowest BCUT2D eigenvalue weighted by Crippen LogP contribution is -2.53. The number of fused-ring (bicyclic) bond motifs is 2. The number of aryl methyl sites for hydroxylation is 1. The molecule has 0 radical (unpaired) electrons. The van der Waals surface area contributed by atoms with Crippen LogP contribution in [-0.2, 0) is 9.59 Å². The van der Waals surface area contributed by atoms with Gasteiger partial charge in [0.2, 0.25) is 5.91 Å². The van der Waals surface area contributed by atoms with Gasteiger partial charge in [-0.2, -0.15) is 0 Å². The topological polar surface area (TPSA) is 134 Å². The zero-order valence-electron chi connectivity index (χ0n) is 18.2. The minimum atomic E-state index is -0.824. The van der Waals surface area contributed by atoms with E-state index < -0.39 is 18.0 Å². The van der Waals surface area contributed by atoms with Gasteiger partial charge in [0.25, 0.3) is 11.8 Å². The van der Waals surface area contributed by atoms with Crippen molar-refractivity contribution in [3.05, 3.63) is 41.6 Å². The van der Waals surface area contributed by atoms with Gasteiger partial charge in [-0.3, -0.25) is 19.7 Å². The first-order valence-corrected chi connectivity index (χ1v) is 11.2. The predicted molar refractivity (Wildman–Crippen MR) is 116 cm³/mol. The summed E-state index contributed by atoms with van der Waals surface area (Å²) < 4.78 is 5.45. The molecule has 2 aromatic rings. The molecule has 3 aliphatic rings. The van der Waals surface area contributed by atoms with Gasteiger partial charge in [-0.15, -0.1) is 0 Å². The molecule has 1 aromatic heterocycles. The minimum absolute atomic E-state index is 0.00104. The Morgan fingerprint density at radius 1 is 1.15 bits per heavy atom. The third-order valence-electron chi connectivity index (χ3n) is 6.72. The van der Waals surface area contributed by atoms with E-state index in [4.69, 9.17) is 4.52 Å². The van der Waals surface area contributed by atoms with Gasteiger partial charge >= 0.3 is 6.03 Å². The van der Waals surface area contributed by atoms with Crippen LogP contribution >= 0.6 is 0 Å². The van der Waals surface area contributed by atoms with Crippen molar-refractivity contribution >= 4 is 23.8 Å². The van der Waals surface area contributed by atoms with E-state index in [1.54, 1.807) is 6.92 Å². The fourth-order valence-corrected chi connectivity index (χ4v) is 5.27. The van der Waals surface area contributed by atoms with E-state index in [1.807, 2.05) is 35.2 Å². The van der Waals surface area contributed by atoms with Crippen LogP contribution in [0.15, 0.2) is 34.9 Å². The number of benzene rings is 1. The molecule has 3 N–H and O–H groups in total. The Morgan fingerprint density at radius 3 is 2.48 bits per heavy atom. The molecule has 33 heavy (non-hydrogen) atoms. The average Bonchev–Trinajstić information content (AvgIpc) is 3.41. The summed E-state index contributed by atoms with van der Waals surface area (Å²) >= 11 is 0. The van der Waals surface area contributed by atoms with Gasteiger partial charge < -0.3 is 20.1 Å². The van der Waals surface area contributed by atoms with E-state index in [1.165, 1.54) is 0 Å². The zero-order chi connectivity index (χ0) is 23.1. The molecule has 172 valence electrons. The SMILES string of the molecule is Cc1noc(-c2ccccc2)c1C(=O)NC1C[C@H]2CC[C@@H](C1)N2C(=O)CC1NC(=O)NC1=O. The summed E-state index contributed by atoms with van der Waals surface area (Å²) in [5, 5.41) is 11.7. The van der Waals surface area contributed by atoms with Crippen LogP contribution in [0.4, 0.5) is 4.79 Å². The van der Waals surface area contributed by atoms with Crippen LogP contribution in [0.2, 0.25) is 0 Å². The third kappa shape index (κ3) is 3.96. The molecule has 4 atom stereocenters. The number of urea groups is 1. The van der Waals surface area contributed by atoms with E-state index >= 15 is 0 Å². The van der Waals surface area contributed by atoms with Crippen molar-refractivity contribution in [2.24, 2.45) is 0 Å². The molecule has 10 heteroatoms. The lowest BCUT2D eigenvalue weighted by molar-refractivity contribution is -0.138. The Labute approximate surface area is 190 Å². The molecule has 2 unspecified atom stereocenters. The fraction of sp³-hybridized carbons (Fsp3) is 0.435. The first-order chi connectivity index (χ1) is 15.9. The molecular formula is C23H25N5O5. The van der Waals surface area contributed by atoms with Gasteiger partial charge in [-0.25, -0.2) is 4.79 Å². The van der Waals surface area contributed by atoms with Crippen LogP contribution in [0, 0.1) is 6.92 Å². The first-order valence-electron chi connectivity index (χ1n) is 11.2. The number of hydrogen-bond acceptors (Lipinski definition) is 6. The molecule has 1 aromatic carbocycles. The van der Waals surface area contributed by atoms with E-state index in [-0.39, 0.29) is 36.4 Å². The van der Waals surface area contributed by atoms with Gasteiger partial charge in [0.05, 0.1) is 12.1 Å². The van der Waals surface area contributed by atoms with Crippen LogP contribution < -0.4 is 16.0 Å². The quantitative estimate of drug-likeness (QED) is 0.590. The first kappa shape index (κ1) is 21.2. The van der Waals surface area contributed by atoms with Crippen LogP contribution in [0.3, 0.4) is 0 Å². The summed E-state index contributed by atoms with van der Waals surface area (Å²) in [4.78, 5) is 51.0. The number of rotatable bonds is 5. The van der Waals surface area contributed by atoms with Crippen molar-refractivity contribution in [3.8, 4) is 11.3 Å². The van der Waals surface area contributed by atoms with E-state index in [0.717, 1.165) is 18.4 Å². The fourth-order valence-electron chi connectivity index (χ4n) is 5.27. The zero-order valence-corrected chi connectivity index (χ0v) is 18.2. The summed E-state index contributed by atoms with van der Waals surface area (Å²) in [6.07, 6.45) is 2.94. The predicted octanol–water partition coefficient (Wildman–Crippen LogP) is 1.50. The largest absolute Gasteiger partial charge is 0.355 e. The van der Waals surface area contributed by atoms with Crippen LogP contribution in [0.25, 0.3) is 11.3 Å². The molecule has 2 bridgehead atoms. The van der Waals surface area contributed by atoms with Crippen LogP contribution in [0.5, 0.6) is 0 Å². The summed E-state index contributed by atoms with van der Waals surface area (Å²) in [7, 11) is 0. The molecule has 3 fully saturated rings. The van der Waals surface area contributed by atoms with Crippen LogP contribution in [0.1, 0.15) is 48.2 Å². The monoisotopic (exact) mass is 451 g/mol. The number of nitrogens with zero attached hydrogens (tertiary/aromatic N) is 2. The maximum Gasteiger partial charge on any atom is 0.322 e. The molecule has 0 aliphatic carbocycles. The molecule has 0 spiro atoms. The Kier molecular flexibility index (Phi) is 5.35. The maximum atomic E-state index is 13.2. The number of aromatic nitrogens is 1. The van der Waals surface area contributed by atoms with E-state index in [0.29, 0.717) is 29.9 Å². The molecule has 3 aliphatic heterocycles. The van der Waals surface area contributed by atoms with Crippen molar-refractivity contribution < 1.29 is 23.7 Å². The number of carbonyl (C=O) groups excluding carboxylic acids is 4. The van der Waals surface area contributed by atoms with Crippen molar-refractivity contribution in [2.45, 2.75) is 63.2 Å². The summed E-state index contributed by atoms with van der Waals surface area (Å²) in [6.45, 7) is 1.74. The number of piperidine rings is 1. The normalized spacial score (nSPS) is 26.2. The average molecular weight is 451 g/mol. The van der Waals surface area contributed by atoms with Crippen molar-refractivity contribution in [1.82, 2.24) is 26.0 Å². The van der Waals surface area contributed by atoms with Crippen molar-refractivity contribution in [2.75, 3.05) is 0 Å². The Balaban J connectivity index is 1.25. The van der Waals surface area contributed by atoms with Crippen molar-refractivity contribution in [1.29, 1.82) is 0 Å². The molecule has 0 saturated carbocycles. The highest BCUT2D eigenvalue weighted by Gasteiger charge is 2.45. The second kappa shape index (κ2) is 8.34.